The summed E-state index contributed by atoms with van der Waals surface area (Å²) in [5.74, 6) is -1.75. The molecule has 1 heterocycles. The quantitative estimate of drug-likeness (QED) is 0.351. The van der Waals surface area contributed by atoms with E-state index in [0.717, 1.165) is 6.07 Å². The van der Waals surface area contributed by atoms with E-state index in [0.29, 0.717) is 0 Å². The number of hydrogen-bond donors (Lipinski definition) is 0. The van der Waals surface area contributed by atoms with Crippen molar-refractivity contribution >= 4 is 34.4 Å². The molecule has 9 heteroatoms. The number of nitrogens with zero attached hydrogens (tertiary/aromatic N) is 2. The highest BCUT2D eigenvalue weighted by Crippen LogP contribution is 2.30. The molecular weight excluding hydrogens is 365 g/mol. The molecule has 0 aliphatic heterocycles. The number of nitro groups is 1. The van der Waals surface area contributed by atoms with Gasteiger partial charge in [-0.2, -0.15) is 0 Å². The molecular formula is C9H7F2IN2O4. The van der Waals surface area contributed by atoms with Crippen molar-refractivity contribution in [2.24, 2.45) is 0 Å². The van der Waals surface area contributed by atoms with Crippen LogP contribution in [-0.2, 0) is 4.74 Å². The van der Waals surface area contributed by atoms with E-state index >= 15 is 0 Å². The zero-order valence-corrected chi connectivity index (χ0v) is 11.2. The molecule has 0 atom stereocenters. The van der Waals surface area contributed by atoms with Crippen LogP contribution in [-0.4, -0.2) is 22.5 Å². The molecule has 0 aliphatic carbocycles. The fraction of sp³-hybridized carbons (Fsp3) is 0.333. The minimum absolute atomic E-state index is 0.0182. The molecule has 1 rings (SSSR count). The fourth-order valence-corrected chi connectivity index (χ4v) is 1.83. The number of rotatable bonds is 4. The summed E-state index contributed by atoms with van der Waals surface area (Å²) < 4.78 is 29.7. The second-order valence-corrected chi connectivity index (χ2v) is 4.09. The lowest BCUT2D eigenvalue weighted by atomic mass is 10.2. The molecule has 0 aromatic carbocycles. The van der Waals surface area contributed by atoms with Gasteiger partial charge in [-0.1, -0.05) is 0 Å². The molecule has 0 radical (unpaired) electrons. The number of hydrogen-bond acceptors (Lipinski definition) is 5. The summed E-state index contributed by atoms with van der Waals surface area (Å²) in [4.78, 5) is 24.5. The van der Waals surface area contributed by atoms with Crippen molar-refractivity contribution in [2.75, 3.05) is 6.61 Å². The van der Waals surface area contributed by atoms with Crippen LogP contribution in [0.3, 0.4) is 0 Å². The Kier molecular flexibility index (Phi) is 4.87. The maximum Gasteiger partial charge on any atom is 0.383 e. The standard InChI is InChI=1S/C9H7F2IN2O4/c1-2-18-9(15)5-3-4(7(10)11)6(12)8(13-5)14(16)17/h3,7H,2H2,1H3. The van der Waals surface area contributed by atoms with E-state index in [-0.39, 0.29) is 10.2 Å². The topological polar surface area (TPSA) is 82.3 Å². The lowest BCUT2D eigenvalue weighted by Crippen LogP contribution is -2.11. The number of carbonyl (C=O) groups is 1. The first-order valence-corrected chi connectivity index (χ1v) is 5.76. The fourth-order valence-electron chi connectivity index (χ4n) is 1.12. The third-order valence-electron chi connectivity index (χ3n) is 1.86. The second-order valence-electron chi connectivity index (χ2n) is 3.01. The Morgan fingerprint density at radius 3 is 2.72 bits per heavy atom. The second kappa shape index (κ2) is 5.98. The van der Waals surface area contributed by atoms with Gasteiger partial charge in [0.2, 0.25) is 0 Å². The van der Waals surface area contributed by atoms with Crippen molar-refractivity contribution < 1.29 is 23.2 Å². The van der Waals surface area contributed by atoms with Crippen LogP contribution in [0.5, 0.6) is 0 Å². The van der Waals surface area contributed by atoms with E-state index in [4.69, 9.17) is 0 Å². The van der Waals surface area contributed by atoms with Crippen LogP contribution in [0, 0.1) is 13.7 Å². The molecule has 0 spiro atoms. The van der Waals surface area contributed by atoms with Gasteiger partial charge < -0.3 is 14.9 Å². The largest absolute Gasteiger partial charge is 0.460 e. The summed E-state index contributed by atoms with van der Waals surface area (Å²) in [6.07, 6.45) is -2.94. The Labute approximate surface area is 114 Å². The van der Waals surface area contributed by atoms with Gasteiger partial charge >= 0.3 is 11.8 Å². The lowest BCUT2D eigenvalue weighted by Gasteiger charge is -2.05. The van der Waals surface area contributed by atoms with Crippen LogP contribution in [0.1, 0.15) is 29.4 Å². The van der Waals surface area contributed by atoms with Crippen molar-refractivity contribution in [1.29, 1.82) is 0 Å². The molecule has 0 N–H and O–H groups in total. The summed E-state index contributed by atoms with van der Waals surface area (Å²) in [5, 5.41) is 10.7. The first kappa shape index (κ1) is 14.7. The van der Waals surface area contributed by atoms with Gasteiger partial charge in [0.05, 0.1) is 6.61 Å². The van der Waals surface area contributed by atoms with Gasteiger partial charge in [-0.3, -0.25) is 0 Å². The van der Waals surface area contributed by atoms with Crippen LogP contribution in [0.4, 0.5) is 14.6 Å². The predicted molar refractivity (Wildman–Crippen MR) is 64.5 cm³/mol. The van der Waals surface area contributed by atoms with Crippen molar-refractivity contribution in [3.05, 3.63) is 31.0 Å². The molecule has 1 aromatic rings. The number of carbonyl (C=O) groups excluding carboxylic acids is 1. The molecule has 0 amide bonds. The van der Waals surface area contributed by atoms with Crippen LogP contribution >= 0.6 is 22.6 Å². The number of pyridine rings is 1. The van der Waals surface area contributed by atoms with Gasteiger partial charge in [-0.25, -0.2) is 13.6 Å². The van der Waals surface area contributed by atoms with Gasteiger partial charge in [0.15, 0.2) is 0 Å². The number of halogens is 3. The van der Waals surface area contributed by atoms with Gasteiger partial charge in [-0.05, 0) is 39.4 Å². The Hall–Kier alpha value is -1.39. The van der Waals surface area contributed by atoms with E-state index in [1.807, 2.05) is 0 Å². The third kappa shape index (κ3) is 3.09. The molecule has 18 heavy (non-hydrogen) atoms. The van der Waals surface area contributed by atoms with Crippen LogP contribution in [0.2, 0.25) is 0 Å². The first-order chi connectivity index (χ1) is 8.38. The summed E-state index contributed by atoms with van der Waals surface area (Å²) in [7, 11) is 0. The number of alkyl halides is 2. The zero-order chi connectivity index (χ0) is 13.9. The summed E-state index contributed by atoms with van der Waals surface area (Å²) in [5.41, 5.74) is -1.11. The lowest BCUT2D eigenvalue weighted by molar-refractivity contribution is -0.390. The van der Waals surface area contributed by atoms with Crippen molar-refractivity contribution in [3.8, 4) is 0 Å². The normalized spacial score (nSPS) is 10.5. The van der Waals surface area contributed by atoms with E-state index in [9.17, 15) is 23.7 Å². The van der Waals surface area contributed by atoms with E-state index in [1.54, 1.807) is 0 Å². The van der Waals surface area contributed by atoms with Crippen LogP contribution in [0.25, 0.3) is 0 Å². The van der Waals surface area contributed by atoms with Crippen molar-refractivity contribution in [3.63, 3.8) is 0 Å². The van der Waals surface area contributed by atoms with Gasteiger partial charge in [0.1, 0.15) is 3.57 Å². The molecule has 0 aliphatic rings. The minimum Gasteiger partial charge on any atom is -0.460 e. The highest BCUT2D eigenvalue weighted by atomic mass is 127. The smallest absolute Gasteiger partial charge is 0.383 e. The highest BCUT2D eigenvalue weighted by Gasteiger charge is 2.28. The van der Waals surface area contributed by atoms with Gasteiger partial charge in [-0.15, -0.1) is 0 Å². The molecule has 98 valence electrons. The monoisotopic (exact) mass is 372 g/mol. The van der Waals surface area contributed by atoms with Crippen molar-refractivity contribution in [2.45, 2.75) is 13.3 Å². The van der Waals surface area contributed by atoms with E-state index in [2.05, 4.69) is 9.72 Å². The average Bonchev–Trinajstić information content (AvgIpc) is 2.28. The molecule has 0 fully saturated rings. The Morgan fingerprint density at radius 1 is 1.67 bits per heavy atom. The van der Waals surface area contributed by atoms with Crippen LogP contribution in [0.15, 0.2) is 6.07 Å². The number of ether oxygens (including phenoxy) is 1. The van der Waals surface area contributed by atoms with E-state index < -0.39 is 34.4 Å². The van der Waals surface area contributed by atoms with Gasteiger partial charge in [0, 0.05) is 11.6 Å². The summed E-state index contributed by atoms with van der Waals surface area (Å²) in [6, 6.07) is 0.803. The maximum atomic E-state index is 12.7. The zero-order valence-electron chi connectivity index (χ0n) is 9.02. The molecule has 6 nitrogen and oxygen atoms in total. The maximum absolute atomic E-state index is 12.7. The Balaban J connectivity index is 3.38. The predicted octanol–water partition coefficient (Wildman–Crippen LogP) is 2.71. The summed E-state index contributed by atoms with van der Waals surface area (Å²) in [6.45, 7) is 1.54. The molecule has 0 bridgehead atoms. The number of aromatic nitrogens is 1. The van der Waals surface area contributed by atoms with Gasteiger partial charge in [0.25, 0.3) is 12.1 Å². The third-order valence-corrected chi connectivity index (χ3v) is 2.97. The molecule has 0 saturated heterocycles. The SMILES string of the molecule is CCOC(=O)c1cc(C(F)F)c(I)c([N+](=O)[O-])n1. The Bertz CT molecular complexity index is 496. The average molecular weight is 372 g/mol. The Morgan fingerprint density at radius 2 is 2.28 bits per heavy atom. The first-order valence-electron chi connectivity index (χ1n) is 4.68. The molecule has 0 unspecified atom stereocenters. The van der Waals surface area contributed by atoms with Crippen molar-refractivity contribution in [1.82, 2.24) is 4.98 Å². The molecule has 0 saturated carbocycles. The minimum atomic E-state index is -2.94. The summed E-state index contributed by atoms with van der Waals surface area (Å²) >= 11 is 1.40. The molecule has 1 aromatic heterocycles. The van der Waals surface area contributed by atoms with Crippen LogP contribution < -0.4 is 0 Å². The number of esters is 1. The van der Waals surface area contributed by atoms with E-state index in [1.165, 1.54) is 29.5 Å². The highest BCUT2D eigenvalue weighted by molar-refractivity contribution is 14.1.